The number of allylic oxidation sites excluding steroid dienone is 4. The number of Topliss-reactive ketones (excluding diaryl/α,β-unsaturated/α-hetero) is 1. The first-order valence-corrected chi connectivity index (χ1v) is 5.27. The molecule has 0 heterocycles. The number of hydrogen-bond acceptors (Lipinski definition) is 4. The number of nitrogens with one attached hydrogen (secondary N) is 2. The largest absolute Gasteiger partial charge is 0.368 e. The van der Waals surface area contributed by atoms with Crippen LogP contribution in [0, 0.1) is 0 Å². The standard InChI is InChI=1S/C13H12N2O2/c16-12-8-4-7-11(13(12)17)15-9-14-10-5-2-1-3-6-10/h1-8,14-15H,9H2. The van der Waals surface area contributed by atoms with Gasteiger partial charge in [-0.2, -0.15) is 0 Å². The second-order valence-corrected chi connectivity index (χ2v) is 3.53. The fourth-order valence-corrected chi connectivity index (χ4v) is 1.45. The zero-order valence-corrected chi connectivity index (χ0v) is 9.14. The van der Waals surface area contributed by atoms with Gasteiger partial charge in [-0.1, -0.05) is 24.3 Å². The van der Waals surface area contributed by atoms with Crippen molar-refractivity contribution < 1.29 is 9.59 Å². The van der Waals surface area contributed by atoms with Crippen LogP contribution in [-0.2, 0) is 9.59 Å². The Morgan fingerprint density at radius 1 is 1.00 bits per heavy atom. The third kappa shape index (κ3) is 2.81. The van der Waals surface area contributed by atoms with Crippen molar-refractivity contribution in [3.05, 3.63) is 54.3 Å². The van der Waals surface area contributed by atoms with E-state index >= 15 is 0 Å². The number of benzene rings is 1. The molecule has 1 aliphatic rings. The highest BCUT2D eigenvalue weighted by atomic mass is 16.2. The summed E-state index contributed by atoms with van der Waals surface area (Å²) in [5.74, 6) is -0.989. The summed E-state index contributed by atoms with van der Waals surface area (Å²) >= 11 is 0. The van der Waals surface area contributed by atoms with Crippen molar-refractivity contribution in [2.75, 3.05) is 12.0 Å². The highest BCUT2D eigenvalue weighted by molar-refractivity contribution is 6.48. The van der Waals surface area contributed by atoms with Gasteiger partial charge in [0.2, 0.25) is 11.6 Å². The van der Waals surface area contributed by atoms with E-state index in [2.05, 4.69) is 10.6 Å². The van der Waals surface area contributed by atoms with E-state index in [1.165, 1.54) is 6.08 Å². The summed E-state index contributed by atoms with van der Waals surface area (Å²) in [6.45, 7) is 0.392. The Morgan fingerprint density at radius 2 is 1.76 bits per heavy atom. The van der Waals surface area contributed by atoms with E-state index in [0.29, 0.717) is 12.4 Å². The van der Waals surface area contributed by atoms with Crippen LogP contribution in [0.3, 0.4) is 0 Å². The van der Waals surface area contributed by atoms with Gasteiger partial charge in [0.1, 0.15) is 0 Å². The van der Waals surface area contributed by atoms with Crippen LogP contribution in [0.1, 0.15) is 0 Å². The fourth-order valence-electron chi connectivity index (χ4n) is 1.45. The molecule has 0 saturated carbocycles. The van der Waals surface area contributed by atoms with E-state index in [-0.39, 0.29) is 0 Å². The average Bonchev–Trinajstić information content (AvgIpc) is 2.36. The van der Waals surface area contributed by atoms with Crippen LogP contribution in [0.2, 0.25) is 0 Å². The maximum atomic E-state index is 11.4. The molecule has 0 spiro atoms. The normalized spacial score (nSPS) is 14.5. The molecule has 0 radical (unpaired) electrons. The molecule has 1 aliphatic carbocycles. The SMILES string of the molecule is O=C1C=CC=C(NCNc2ccccc2)C1=O. The summed E-state index contributed by atoms with van der Waals surface area (Å²) < 4.78 is 0. The van der Waals surface area contributed by atoms with Gasteiger partial charge in [0.05, 0.1) is 12.4 Å². The first-order valence-electron chi connectivity index (χ1n) is 5.27. The van der Waals surface area contributed by atoms with E-state index in [9.17, 15) is 9.59 Å². The van der Waals surface area contributed by atoms with E-state index in [1.807, 2.05) is 30.3 Å². The topological polar surface area (TPSA) is 58.2 Å². The predicted molar refractivity (Wildman–Crippen MR) is 65.3 cm³/mol. The summed E-state index contributed by atoms with van der Waals surface area (Å²) in [4.78, 5) is 22.5. The molecule has 0 aromatic heterocycles. The van der Waals surface area contributed by atoms with Gasteiger partial charge in [0, 0.05) is 5.69 Å². The molecule has 0 aliphatic heterocycles. The lowest BCUT2D eigenvalue weighted by Gasteiger charge is -2.12. The highest BCUT2D eigenvalue weighted by Gasteiger charge is 2.17. The Bertz CT molecular complexity index is 489. The summed E-state index contributed by atoms with van der Waals surface area (Å²) in [6.07, 6.45) is 4.42. The first kappa shape index (κ1) is 11.1. The number of anilines is 1. The van der Waals surface area contributed by atoms with Crippen LogP contribution in [0.5, 0.6) is 0 Å². The molecule has 4 heteroatoms. The summed E-state index contributed by atoms with van der Waals surface area (Å²) in [5, 5.41) is 5.97. The molecule has 1 aromatic carbocycles. The maximum absolute atomic E-state index is 11.4. The van der Waals surface area contributed by atoms with Crippen LogP contribution < -0.4 is 10.6 Å². The third-order valence-electron chi connectivity index (χ3n) is 2.32. The molecule has 4 nitrogen and oxygen atoms in total. The zero-order valence-electron chi connectivity index (χ0n) is 9.14. The van der Waals surface area contributed by atoms with Crippen molar-refractivity contribution in [3.8, 4) is 0 Å². The molecule has 0 atom stereocenters. The predicted octanol–water partition coefficient (Wildman–Crippen LogP) is 1.24. The van der Waals surface area contributed by atoms with E-state index < -0.39 is 11.6 Å². The highest BCUT2D eigenvalue weighted by Crippen LogP contribution is 2.05. The minimum atomic E-state index is -0.498. The van der Waals surface area contributed by atoms with Crippen LogP contribution in [0.25, 0.3) is 0 Å². The Balaban J connectivity index is 1.87. The smallest absolute Gasteiger partial charge is 0.248 e. The van der Waals surface area contributed by atoms with Gasteiger partial charge in [-0.25, -0.2) is 0 Å². The fraction of sp³-hybridized carbons (Fsp3) is 0.0769. The molecule has 0 fully saturated rings. The quantitative estimate of drug-likeness (QED) is 0.462. The summed E-state index contributed by atoms with van der Waals surface area (Å²) in [6, 6.07) is 9.60. The molecule has 2 rings (SSSR count). The average molecular weight is 228 g/mol. The summed E-state index contributed by atoms with van der Waals surface area (Å²) in [7, 11) is 0. The Kier molecular flexibility index (Phi) is 3.35. The molecule has 0 saturated heterocycles. The van der Waals surface area contributed by atoms with Gasteiger partial charge in [-0.3, -0.25) is 9.59 Å². The molecular formula is C13H12N2O2. The Labute approximate surface area is 99.0 Å². The molecule has 2 N–H and O–H groups in total. The van der Waals surface area contributed by atoms with Crippen molar-refractivity contribution in [1.82, 2.24) is 5.32 Å². The van der Waals surface area contributed by atoms with Gasteiger partial charge in [0.15, 0.2) is 0 Å². The van der Waals surface area contributed by atoms with Gasteiger partial charge < -0.3 is 10.6 Å². The lowest BCUT2D eigenvalue weighted by Crippen LogP contribution is -2.30. The Morgan fingerprint density at radius 3 is 2.53 bits per heavy atom. The number of ketones is 2. The number of carbonyl (C=O) groups excluding carboxylic acids is 2. The minimum absolute atomic E-state index is 0.320. The van der Waals surface area contributed by atoms with Crippen molar-refractivity contribution in [2.24, 2.45) is 0 Å². The van der Waals surface area contributed by atoms with Gasteiger partial charge in [-0.05, 0) is 24.3 Å². The minimum Gasteiger partial charge on any atom is -0.368 e. The number of hydrogen-bond donors (Lipinski definition) is 2. The van der Waals surface area contributed by atoms with Crippen LogP contribution >= 0.6 is 0 Å². The number of para-hydroxylation sites is 1. The molecule has 86 valence electrons. The van der Waals surface area contributed by atoms with Gasteiger partial charge in [0.25, 0.3) is 0 Å². The van der Waals surface area contributed by atoms with Crippen LogP contribution in [0.4, 0.5) is 5.69 Å². The molecule has 0 bridgehead atoms. The first-order chi connectivity index (χ1) is 8.27. The number of rotatable bonds is 4. The molecule has 1 aromatic rings. The van der Waals surface area contributed by atoms with Crippen molar-refractivity contribution in [3.63, 3.8) is 0 Å². The lowest BCUT2D eigenvalue weighted by atomic mass is 10.1. The van der Waals surface area contributed by atoms with Crippen molar-refractivity contribution >= 4 is 17.3 Å². The monoisotopic (exact) mass is 228 g/mol. The lowest BCUT2D eigenvalue weighted by molar-refractivity contribution is -0.131. The molecule has 0 unspecified atom stereocenters. The number of carbonyl (C=O) groups is 2. The van der Waals surface area contributed by atoms with Crippen molar-refractivity contribution in [2.45, 2.75) is 0 Å². The maximum Gasteiger partial charge on any atom is 0.248 e. The molecule has 17 heavy (non-hydrogen) atoms. The summed E-state index contributed by atoms with van der Waals surface area (Å²) in [5.41, 5.74) is 1.27. The van der Waals surface area contributed by atoms with Crippen molar-refractivity contribution in [1.29, 1.82) is 0 Å². The Hall–Kier alpha value is -2.36. The van der Waals surface area contributed by atoms with Crippen LogP contribution in [0.15, 0.2) is 54.3 Å². The molecule has 0 amide bonds. The molecular weight excluding hydrogens is 216 g/mol. The van der Waals surface area contributed by atoms with E-state index in [4.69, 9.17) is 0 Å². The second-order valence-electron chi connectivity index (χ2n) is 3.53. The second kappa shape index (κ2) is 5.12. The van der Waals surface area contributed by atoms with Gasteiger partial charge >= 0.3 is 0 Å². The van der Waals surface area contributed by atoms with Gasteiger partial charge in [-0.15, -0.1) is 0 Å². The van der Waals surface area contributed by atoms with E-state index in [0.717, 1.165) is 5.69 Å². The van der Waals surface area contributed by atoms with E-state index in [1.54, 1.807) is 12.2 Å². The third-order valence-corrected chi connectivity index (χ3v) is 2.32. The zero-order chi connectivity index (χ0) is 12.1. The van der Waals surface area contributed by atoms with Crippen LogP contribution in [-0.4, -0.2) is 18.2 Å².